The summed E-state index contributed by atoms with van der Waals surface area (Å²) in [6.07, 6.45) is -3.76. The zero-order valence-corrected chi connectivity index (χ0v) is 22.9. The third kappa shape index (κ3) is 7.67. The molecule has 2 heterocycles. The largest absolute Gasteiger partial charge is 0.482 e. The van der Waals surface area contributed by atoms with E-state index in [1.54, 1.807) is 42.7 Å². The van der Waals surface area contributed by atoms with Gasteiger partial charge in [0.15, 0.2) is 6.61 Å². The first-order valence-corrected chi connectivity index (χ1v) is 12.7. The van der Waals surface area contributed by atoms with Gasteiger partial charge in [-0.15, -0.1) is 12.4 Å². The number of nitrogens with zero attached hydrogens (tertiary/aromatic N) is 4. The fourth-order valence-electron chi connectivity index (χ4n) is 4.75. The highest BCUT2D eigenvalue weighted by molar-refractivity contribution is 5.85. The molecular formula is C28H34ClF3N4O3. The van der Waals surface area contributed by atoms with Crippen LogP contribution in [0.4, 0.5) is 18.9 Å². The van der Waals surface area contributed by atoms with Crippen LogP contribution in [0.25, 0.3) is 0 Å². The van der Waals surface area contributed by atoms with E-state index in [2.05, 4.69) is 4.90 Å². The first-order chi connectivity index (χ1) is 18.1. The van der Waals surface area contributed by atoms with Crippen molar-refractivity contribution in [3.8, 4) is 5.75 Å². The molecule has 1 fully saturated rings. The van der Waals surface area contributed by atoms with Crippen LogP contribution in [0.3, 0.4) is 0 Å². The number of hydrogen-bond donors (Lipinski definition) is 0. The van der Waals surface area contributed by atoms with Crippen molar-refractivity contribution in [2.24, 2.45) is 0 Å². The zero-order valence-electron chi connectivity index (χ0n) is 22.1. The van der Waals surface area contributed by atoms with Crippen LogP contribution in [0.2, 0.25) is 0 Å². The number of alkyl halides is 3. The van der Waals surface area contributed by atoms with Gasteiger partial charge in [-0.05, 0) is 44.5 Å². The maximum absolute atomic E-state index is 13.2. The second-order valence-electron chi connectivity index (χ2n) is 9.58. The third-order valence-electron chi connectivity index (χ3n) is 6.98. The van der Waals surface area contributed by atoms with E-state index in [0.717, 1.165) is 5.56 Å². The number of benzene rings is 2. The summed E-state index contributed by atoms with van der Waals surface area (Å²) in [6.45, 7) is 6.37. The summed E-state index contributed by atoms with van der Waals surface area (Å²) in [5.41, 5.74) is 2.33. The van der Waals surface area contributed by atoms with Crippen molar-refractivity contribution in [3.05, 3.63) is 92.3 Å². The van der Waals surface area contributed by atoms with Crippen molar-refractivity contribution in [1.29, 1.82) is 0 Å². The molecule has 0 unspecified atom stereocenters. The lowest BCUT2D eigenvalue weighted by molar-refractivity contribution is -0.153. The monoisotopic (exact) mass is 566 g/mol. The van der Waals surface area contributed by atoms with Gasteiger partial charge in [-0.3, -0.25) is 18.8 Å². The average molecular weight is 567 g/mol. The van der Waals surface area contributed by atoms with Gasteiger partial charge in [0.1, 0.15) is 5.75 Å². The normalized spacial score (nSPS) is 14.2. The quantitative estimate of drug-likeness (QED) is 0.388. The van der Waals surface area contributed by atoms with Gasteiger partial charge >= 0.3 is 11.9 Å². The molecule has 11 heteroatoms. The van der Waals surface area contributed by atoms with Crippen LogP contribution in [0, 0.1) is 13.8 Å². The number of ether oxygens (including phenoxy) is 1. The molecular weight excluding hydrogens is 533 g/mol. The van der Waals surface area contributed by atoms with Crippen LogP contribution < -0.4 is 20.9 Å². The second kappa shape index (κ2) is 13.2. The number of halogens is 4. The molecule has 2 aromatic carbocycles. The van der Waals surface area contributed by atoms with Crippen molar-refractivity contribution in [1.82, 2.24) is 14.0 Å². The molecule has 1 aliphatic rings. The number of piperazine rings is 1. The summed E-state index contributed by atoms with van der Waals surface area (Å²) in [7, 11) is 0. The summed E-state index contributed by atoms with van der Waals surface area (Å²) in [5, 5.41) is 0. The summed E-state index contributed by atoms with van der Waals surface area (Å²) < 4.78 is 45.9. The Bertz CT molecular complexity index is 1350. The fraction of sp³-hybridized carbons (Fsp3) is 0.429. The van der Waals surface area contributed by atoms with Crippen molar-refractivity contribution in [2.75, 3.05) is 44.2 Å². The summed E-state index contributed by atoms with van der Waals surface area (Å²) >= 11 is 0. The van der Waals surface area contributed by atoms with E-state index in [1.165, 1.54) is 4.57 Å². The Hall–Kier alpha value is -3.24. The number of para-hydroxylation sites is 2. The van der Waals surface area contributed by atoms with E-state index < -0.39 is 12.8 Å². The molecule has 0 radical (unpaired) electrons. The Kier molecular flexibility index (Phi) is 10.3. The first-order valence-electron chi connectivity index (χ1n) is 12.7. The summed E-state index contributed by atoms with van der Waals surface area (Å²) in [6, 6.07) is 16.5. The van der Waals surface area contributed by atoms with E-state index in [-0.39, 0.29) is 29.4 Å². The van der Waals surface area contributed by atoms with Gasteiger partial charge in [0.05, 0.1) is 12.2 Å². The lowest BCUT2D eigenvalue weighted by atomic mass is 10.2. The van der Waals surface area contributed by atoms with E-state index in [0.29, 0.717) is 69.2 Å². The van der Waals surface area contributed by atoms with Crippen LogP contribution in [-0.2, 0) is 13.1 Å². The Morgan fingerprint density at radius 3 is 2.15 bits per heavy atom. The van der Waals surface area contributed by atoms with Crippen LogP contribution in [0.1, 0.15) is 23.2 Å². The van der Waals surface area contributed by atoms with Crippen LogP contribution in [0.5, 0.6) is 5.75 Å². The Morgan fingerprint density at radius 2 is 1.49 bits per heavy atom. The van der Waals surface area contributed by atoms with Crippen LogP contribution >= 0.6 is 12.4 Å². The highest BCUT2D eigenvalue weighted by Gasteiger charge is 2.29. The molecule has 1 aliphatic heterocycles. The molecule has 4 rings (SSSR count). The van der Waals surface area contributed by atoms with Gasteiger partial charge in [-0.1, -0.05) is 42.5 Å². The lowest BCUT2D eigenvalue weighted by Crippen LogP contribution is -2.47. The molecule has 39 heavy (non-hydrogen) atoms. The molecule has 0 aliphatic carbocycles. The minimum Gasteiger partial charge on any atom is -0.482 e. The second-order valence-corrected chi connectivity index (χ2v) is 9.58. The maximum Gasteiger partial charge on any atom is 0.422 e. The smallest absolute Gasteiger partial charge is 0.422 e. The van der Waals surface area contributed by atoms with Crippen LogP contribution in [-0.4, -0.2) is 59.5 Å². The Morgan fingerprint density at radius 1 is 0.846 bits per heavy atom. The van der Waals surface area contributed by atoms with Gasteiger partial charge in [0, 0.05) is 44.0 Å². The number of hydrogen-bond acceptors (Lipinski definition) is 5. The molecule has 0 N–H and O–H groups in total. The highest BCUT2D eigenvalue weighted by Crippen LogP contribution is 2.30. The molecule has 0 atom stereocenters. The van der Waals surface area contributed by atoms with Crippen LogP contribution in [0.15, 0.2) is 64.2 Å². The van der Waals surface area contributed by atoms with Gasteiger partial charge in [0.25, 0.3) is 5.56 Å². The molecule has 7 nitrogen and oxygen atoms in total. The Balaban J connectivity index is 0.00000420. The minimum atomic E-state index is -4.39. The summed E-state index contributed by atoms with van der Waals surface area (Å²) in [5.74, 6) is 0.221. The fourth-order valence-corrected chi connectivity index (χ4v) is 4.75. The van der Waals surface area contributed by atoms with E-state index in [4.69, 9.17) is 4.74 Å². The molecule has 0 spiro atoms. The van der Waals surface area contributed by atoms with Gasteiger partial charge < -0.3 is 9.64 Å². The van der Waals surface area contributed by atoms with E-state index >= 15 is 0 Å². The zero-order chi connectivity index (χ0) is 27.3. The van der Waals surface area contributed by atoms with Crippen molar-refractivity contribution in [3.63, 3.8) is 0 Å². The summed E-state index contributed by atoms with van der Waals surface area (Å²) in [4.78, 5) is 30.4. The molecule has 212 valence electrons. The molecule has 0 bridgehead atoms. The van der Waals surface area contributed by atoms with Gasteiger partial charge in [-0.2, -0.15) is 13.2 Å². The number of anilines is 1. The predicted molar refractivity (Wildman–Crippen MR) is 148 cm³/mol. The third-order valence-corrected chi connectivity index (χ3v) is 6.98. The number of rotatable bonds is 9. The number of aromatic nitrogens is 2. The van der Waals surface area contributed by atoms with E-state index in [9.17, 15) is 22.8 Å². The topological polar surface area (TPSA) is 59.7 Å². The standard InChI is InChI=1S/C28H33F3N4O3.ClH/c1-21-22(2)35(19-23-9-4-3-5-10-23)27(37)34(26(21)36)14-8-13-32-15-17-33(18-16-32)24-11-6-7-12-25(24)38-20-28(29,30)31;/h3-7,9-12H,8,13-20H2,1-2H3;1H. The molecule has 1 saturated heterocycles. The van der Waals surface area contributed by atoms with E-state index in [1.807, 2.05) is 35.2 Å². The lowest BCUT2D eigenvalue weighted by Gasteiger charge is -2.36. The maximum atomic E-state index is 13.2. The molecule has 0 saturated carbocycles. The van der Waals surface area contributed by atoms with Crippen molar-refractivity contribution >= 4 is 18.1 Å². The average Bonchev–Trinajstić information content (AvgIpc) is 2.91. The van der Waals surface area contributed by atoms with Crippen molar-refractivity contribution in [2.45, 2.75) is 39.5 Å². The first kappa shape index (κ1) is 30.3. The van der Waals surface area contributed by atoms with Gasteiger partial charge in [0.2, 0.25) is 0 Å². The SMILES string of the molecule is Cc1c(C)n(Cc2ccccc2)c(=O)n(CCCN2CCN(c3ccccc3OCC(F)(F)F)CC2)c1=O.Cl. The molecule has 0 amide bonds. The van der Waals surface area contributed by atoms with Gasteiger partial charge in [-0.25, -0.2) is 4.79 Å². The highest BCUT2D eigenvalue weighted by atomic mass is 35.5. The predicted octanol–water partition coefficient (Wildman–Crippen LogP) is 4.25. The molecule has 1 aromatic heterocycles. The Labute approximate surface area is 231 Å². The molecule has 3 aromatic rings. The van der Waals surface area contributed by atoms with Crippen molar-refractivity contribution < 1.29 is 17.9 Å². The minimum absolute atomic E-state index is 0.